The van der Waals surface area contributed by atoms with E-state index in [1.165, 1.54) is 10.4 Å². The van der Waals surface area contributed by atoms with E-state index in [-0.39, 0.29) is 17.2 Å². The highest BCUT2D eigenvalue weighted by molar-refractivity contribution is 6.99. The lowest BCUT2D eigenvalue weighted by molar-refractivity contribution is -0.149. The molecule has 0 aliphatic carbocycles. The van der Waals surface area contributed by atoms with Crippen molar-refractivity contribution in [3.8, 4) is 0 Å². The SMILES string of the molecule is CC1(C)O[C@@H](CC=O)[C@@H](CO[Si](c2ccccc2)(c2ccccc2)C(C)(C)C)O1. The predicted molar refractivity (Wildman–Crippen MR) is 118 cm³/mol. The normalized spacial score (nSPS) is 21.8. The van der Waals surface area contributed by atoms with Crippen LogP contribution in [0.1, 0.15) is 41.0 Å². The standard InChI is InChI=1S/C24H32O4Si/c1-23(2,3)29(19-12-8-6-9-13-19,20-14-10-7-11-15-20)26-18-22-21(16-17-25)27-24(4,5)28-22/h6-15,17,21-22H,16,18H2,1-5H3/t21-,22+/m0/s1. The molecule has 29 heavy (non-hydrogen) atoms. The second kappa shape index (κ2) is 8.52. The Balaban J connectivity index is 2.01. The highest BCUT2D eigenvalue weighted by Gasteiger charge is 2.51. The van der Waals surface area contributed by atoms with Crippen molar-refractivity contribution in [1.29, 1.82) is 0 Å². The monoisotopic (exact) mass is 412 g/mol. The Bertz CT molecular complexity index is 759. The Morgan fingerprint density at radius 2 is 1.41 bits per heavy atom. The van der Waals surface area contributed by atoms with Gasteiger partial charge in [0.1, 0.15) is 12.4 Å². The van der Waals surface area contributed by atoms with Gasteiger partial charge in [-0.2, -0.15) is 0 Å². The zero-order valence-electron chi connectivity index (χ0n) is 18.1. The topological polar surface area (TPSA) is 44.8 Å². The molecule has 1 saturated heterocycles. The smallest absolute Gasteiger partial charge is 0.261 e. The molecule has 0 spiro atoms. The van der Waals surface area contributed by atoms with Gasteiger partial charge in [-0.15, -0.1) is 0 Å². The predicted octanol–water partition coefficient (Wildman–Crippen LogP) is 3.67. The van der Waals surface area contributed by atoms with Crippen molar-refractivity contribution >= 4 is 25.0 Å². The summed E-state index contributed by atoms with van der Waals surface area (Å²) in [4.78, 5) is 11.2. The van der Waals surface area contributed by atoms with E-state index >= 15 is 0 Å². The molecule has 0 saturated carbocycles. The van der Waals surface area contributed by atoms with Gasteiger partial charge in [0, 0.05) is 6.42 Å². The minimum Gasteiger partial charge on any atom is -0.405 e. The molecule has 5 heteroatoms. The van der Waals surface area contributed by atoms with E-state index in [1.807, 2.05) is 26.0 Å². The quantitative estimate of drug-likeness (QED) is 0.514. The molecule has 1 aliphatic heterocycles. The average molecular weight is 413 g/mol. The number of aldehydes is 1. The first kappa shape index (κ1) is 21.9. The maximum Gasteiger partial charge on any atom is 0.261 e. The molecule has 0 aromatic heterocycles. The number of benzene rings is 2. The second-order valence-corrected chi connectivity index (χ2v) is 13.4. The van der Waals surface area contributed by atoms with Crippen LogP contribution in [-0.2, 0) is 18.7 Å². The summed E-state index contributed by atoms with van der Waals surface area (Å²) in [5.41, 5.74) is 0. The molecule has 0 radical (unpaired) electrons. The largest absolute Gasteiger partial charge is 0.405 e. The van der Waals surface area contributed by atoms with Gasteiger partial charge in [0.2, 0.25) is 0 Å². The summed E-state index contributed by atoms with van der Waals surface area (Å²) in [6, 6.07) is 21.0. The molecule has 0 N–H and O–H groups in total. The van der Waals surface area contributed by atoms with Gasteiger partial charge in [0.05, 0.1) is 12.7 Å². The lowest BCUT2D eigenvalue weighted by atomic mass is 10.2. The minimum absolute atomic E-state index is 0.106. The van der Waals surface area contributed by atoms with Crippen LogP contribution in [0.15, 0.2) is 60.7 Å². The molecule has 1 heterocycles. The number of hydrogen-bond acceptors (Lipinski definition) is 4. The van der Waals surface area contributed by atoms with Gasteiger partial charge < -0.3 is 18.7 Å². The molecule has 3 rings (SSSR count). The Kier molecular flexibility index (Phi) is 6.44. The van der Waals surface area contributed by atoms with Gasteiger partial charge in [0.15, 0.2) is 5.79 Å². The summed E-state index contributed by atoms with van der Waals surface area (Å²) in [6.07, 6.45) is 0.626. The number of carbonyl (C=O) groups is 1. The Hall–Kier alpha value is -1.79. The van der Waals surface area contributed by atoms with Crippen molar-refractivity contribution < 1.29 is 18.7 Å². The highest BCUT2D eigenvalue weighted by Crippen LogP contribution is 2.38. The molecule has 0 bridgehead atoms. The first-order valence-electron chi connectivity index (χ1n) is 10.2. The van der Waals surface area contributed by atoms with Crippen LogP contribution in [0.3, 0.4) is 0 Å². The van der Waals surface area contributed by atoms with E-state index in [2.05, 4.69) is 69.3 Å². The summed E-state index contributed by atoms with van der Waals surface area (Å²) in [5.74, 6) is -0.715. The van der Waals surface area contributed by atoms with Crippen LogP contribution in [0.2, 0.25) is 5.04 Å². The van der Waals surface area contributed by atoms with Crippen molar-refractivity contribution in [3.05, 3.63) is 60.7 Å². The van der Waals surface area contributed by atoms with Crippen LogP contribution < -0.4 is 10.4 Å². The zero-order chi connectivity index (χ0) is 21.1. The van der Waals surface area contributed by atoms with Crippen molar-refractivity contribution in [2.24, 2.45) is 0 Å². The van der Waals surface area contributed by atoms with Gasteiger partial charge in [-0.3, -0.25) is 0 Å². The third-order valence-electron chi connectivity index (χ3n) is 5.49. The molecule has 2 atom stereocenters. The van der Waals surface area contributed by atoms with Crippen molar-refractivity contribution in [2.75, 3.05) is 6.61 Å². The molecular weight excluding hydrogens is 380 g/mol. The van der Waals surface area contributed by atoms with Gasteiger partial charge >= 0.3 is 0 Å². The molecule has 156 valence electrons. The van der Waals surface area contributed by atoms with Gasteiger partial charge in [-0.1, -0.05) is 81.4 Å². The van der Waals surface area contributed by atoms with Crippen molar-refractivity contribution in [3.63, 3.8) is 0 Å². The van der Waals surface area contributed by atoms with Gasteiger partial charge in [-0.05, 0) is 29.3 Å². The number of rotatable bonds is 7. The lowest BCUT2D eigenvalue weighted by Crippen LogP contribution is -2.67. The molecule has 0 unspecified atom stereocenters. The minimum atomic E-state index is -2.64. The molecule has 1 aliphatic rings. The molecule has 0 amide bonds. The first-order valence-corrected chi connectivity index (χ1v) is 12.1. The molecule has 2 aromatic rings. The summed E-state index contributed by atoms with van der Waals surface area (Å²) in [5, 5.41) is 2.35. The summed E-state index contributed by atoms with van der Waals surface area (Å²) in [6.45, 7) is 10.9. The van der Waals surface area contributed by atoms with Crippen LogP contribution >= 0.6 is 0 Å². The average Bonchev–Trinajstić information content (AvgIpc) is 2.97. The summed E-state index contributed by atoms with van der Waals surface area (Å²) < 4.78 is 19.0. The van der Waals surface area contributed by atoms with Crippen molar-refractivity contribution in [1.82, 2.24) is 0 Å². The van der Waals surface area contributed by atoms with Crippen LogP contribution in [0.4, 0.5) is 0 Å². The fourth-order valence-electron chi connectivity index (χ4n) is 4.31. The summed E-state index contributed by atoms with van der Waals surface area (Å²) in [7, 11) is -2.64. The Labute approximate surface area is 175 Å². The van der Waals surface area contributed by atoms with E-state index in [9.17, 15) is 4.79 Å². The fraction of sp³-hybridized carbons (Fsp3) is 0.458. The number of hydrogen-bond donors (Lipinski definition) is 0. The number of carbonyl (C=O) groups excluding carboxylic acids is 1. The first-order chi connectivity index (χ1) is 13.7. The van der Waals surface area contributed by atoms with E-state index in [4.69, 9.17) is 13.9 Å². The van der Waals surface area contributed by atoms with Crippen LogP contribution in [0.5, 0.6) is 0 Å². The third-order valence-corrected chi connectivity index (χ3v) is 10.5. The Morgan fingerprint density at radius 3 is 1.86 bits per heavy atom. The van der Waals surface area contributed by atoms with E-state index in [0.717, 1.165) is 6.29 Å². The van der Waals surface area contributed by atoms with Crippen molar-refractivity contribution in [2.45, 2.75) is 64.1 Å². The molecule has 4 nitrogen and oxygen atoms in total. The zero-order valence-corrected chi connectivity index (χ0v) is 19.1. The fourth-order valence-corrected chi connectivity index (χ4v) is 8.88. The Morgan fingerprint density at radius 1 is 0.931 bits per heavy atom. The van der Waals surface area contributed by atoms with E-state index in [0.29, 0.717) is 13.0 Å². The van der Waals surface area contributed by atoms with Crippen LogP contribution in [0, 0.1) is 0 Å². The van der Waals surface area contributed by atoms with Crippen LogP contribution in [-0.4, -0.2) is 39.2 Å². The van der Waals surface area contributed by atoms with Crippen LogP contribution in [0.25, 0.3) is 0 Å². The molecule has 1 fully saturated rings. The highest BCUT2D eigenvalue weighted by atomic mass is 28.4. The molecular formula is C24H32O4Si. The summed E-state index contributed by atoms with van der Waals surface area (Å²) >= 11 is 0. The maximum absolute atomic E-state index is 11.2. The third kappa shape index (κ3) is 4.53. The molecule has 2 aromatic carbocycles. The van der Waals surface area contributed by atoms with Gasteiger partial charge in [-0.25, -0.2) is 0 Å². The van der Waals surface area contributed by atoms with Gasteiger partial charge in [0.25, 0.3) is 8.32 Å². The van der Waals surface area contributed by atoms with E-state index in [1.54, 1.807) is 0 Å². The maximum atomic E-state index is 11.2. The lowest BCUT2D eigenvalue weighted by Gasteiger charge is -2.43. The van der Waals surface area contributed by atoms with E-state index < -0.39 is 14.1 Å². The second-order valence-electron chi connectivity index (χ2n) is 9.09. The number of ether oxygens (including phenoxy) is 2.